The van der Waals surface area contributed by atoms with Crippen LogP contribution in [-0.2, 0) is 14.8 Å². The van der Waals surface area contributed by atoms with E-state index in [1.807, 2.05) is 13.8 Å². The third-order valence-corrected chi connectivity index (χ3v) is 6.79. The highest BCUT2D eigenvalue weighted by Crippen LogP contribution is 2.31. The molecule has 0 bridgehead atoms. The summed E-state index contributed by atoms with van der Waals surface area (Å²) >= 11 is 12.0. The van der Waals surface area contributed by atoms with Gasteiger partial charge in [0.2, 0.25) is 10.0 Å². The molecule has 0 saturated carbocycles. The number of hydrogen-bond donors (Lipinski definition) is 1. The molecule has 1 saturated heterocycles. The maximum atomic E-state index is 13.0. The predicted octanol–water partition coefficient (Wildman–Crippen LogP) is 4.05. The second-order valence-electron chi connectivity index (χ2n) is 6.92. The molecule has 2 aromatic carbocycles. The molecule has 1 amide bonds. The summed E-state index contributed by atoms with van der Waals surface area (Å²) in [5.41, 5.74) is 0.437. The van der Waals surface area contributed by atoms with Crippen LogP contribution in [0.25, 0.3) is 0 Å². The standard InChI is InChI=1S/C20H22Cl2N2O5S/c1-13(2)29-19-6-4-15(30(26,27)24-7-9-28-10-8-24)12-18(19)23-20(25)16-5-3-14(21)11-17(16)22/h3-6,11-13H,7-10H2,1-2H3,(H,23,25). The molecule has 7 nitrogen and oxygen atoms in total. The van der Waals surface area contributed by atoms with Crippen molar-refractivity contribution in [3.05, 3.63) is 52.0 Å². The Morgan fingerprint density at radius 3 is 2.47 bits per heavy atom. The van der Waals surface area contributed by atoms with E-state index in [4.69, 9.17) is 32.7 Å². The van der Waals surface area contributed by atoms with E-state index in [2.05, 4.69) is 5.32 Å². The zero-order chi connectivity index (χ0) is 21.9. The van der Waals surface area contributed by atoms with Crippen LogP contribution in [0, 0.1) is 0 Å². The number of nitrogens with zero attached hydrogens (tertiary/aromatic N) is 1. The van der Waals surface area contributed by atoms with Crippen LogP contribution in [0.15, 0.2) is 41.3 Å². The number of amides is 1. The summed E-state index contributed by atoms with van der Waals surface area (Å²) in [6.07, 6.45) is -0.179. The van der Waals surface area contributed by atoms with E-state index in [0.717, 1.165) is 0 Å². The average molecular weight is 473 g/mol. The lowest BCUT2D eigenvalue weighted by molar-refractivity contribution is 0.0730. The van der Waals surface area contributed by atoms with Crippen molar-refractivity contribution in [2.45, 2.75) is 24.8 Å². The van der Waals surface area contributed by atoms with Gasteiger partial charge >= 0.3 is 0 Å². The van der Waals surface area contributed by atoms with E-state index in [1.54, 1.807) is 6.07 Å². The molecule has 1 aliphatic heterocycles. The van der Waals surface area contributed by atoms with E-state index in [1.165, 1.54) is 34.6 Å². The lowest BCUT2D eigenvalue weighted by Crippen LogP contribution is -2.40. The van der Waals surface area contributed by atoms with Crippen LogP contribution in [0.5, 0.6) is 5.75 Å². The molecule has 2 aromatic rings. The molecular formula is C20H22Cl2N2O5S. The fraction of sp³-hybridized carbons (Fsp3) is 0.350. The van der Waals surface area contributed by atoms with Gasteiger partial charge in [0.1, 0.15) is 5.75 Å². The second kappa shape index (κ2) is 9.53. The van der Waals surface area contributed by atoms with Crippen molar-refractivity contribution in [1.29, 1.82) is 0 Å². The lowest BCUT2D eigenvalue weighted by atomic mass is 10.2. The summed E-state index contributed by atoms with van der Waals surface area (Å²) in [6, 6.07) is 8.90. The number of carbonyl (C=O) groups is 1. The molecule has 10 heteroatoms. The minimum atomic E-state index is -3.74. The Labute approximate surface area is 185 Å². The highest BCUT2D eigenvalue weighted by molar-refractivity contribution is 7.89. The van der Waals surface area contributed by atoms with Gasteiger partial charge in [-0.05, 0) is 50.2 Å². The van der Waals surface area contributed by atoms with Gasteiger partial charge in [0, 0.05) is 18.1 Å². The largest absolute Gasteiger partial charge is 0.489 e. The maximum absolute atomic E-state index is 13.0. The molecule has 162 valence electrons. The molecular weight excluding hydrogens is 451 g/mol. The van der Waals surface area contributed by atoms with Gasteiger partial charge in [0.25, 0.3) is 5.91 Å². The van der Waals surface area contributed by atoms with E-state index in [-0.39, 0.29) is 40.4 Å². The summed E-state index contributed by atoms with van der Waals surface area (Å²) in [6.45, 7) is 4.89. The zero-order valence-corrected chi connectivity index (χ0v) is 18.9. The van der Waals surface area contributed by atoms with Crippen molar-refractivity contribution in [1.82, 2.24) is 4.31 Å². The summed E-state index contributed by atoms with van der Waals surface area (Å²) in [4.78, 5) is 12.8. The van der Waals surface area contributed by atoms with Gasteiger partial charge in [-0.2, -0.15) is 4.31 Å². The number of benzene rings is 2. The van der Waals surface area contributed by atoms with Gasteiger partial charge in [-0.15, -0.1) is 0 Å². The van der Waals surface area contributed by atoms with Gasteiger partial charge in [0.15, 0.2) is 0 Å². The molecule has 30 heavy (non-hydrogen) atoms. The topological polar surface area (TPSA) is 84.9 Å². The normalized spacial score (nSPS) is 15.2. The quantitative estimate of drug-likeness (QED) is 0.684. The molecule has 0 unspecified atom stereocenters. The van der Waals surface area contributed by atoms with Crippen LogP contribution < -0.4 is 10.1 Å². The number of sulfonamides is 1. The van der Waals surface area contributed by atoms with Gasteiger partial charge in [0.05, 0.1) is 40.5 Å². The van der Waals surface area contributed by atoms with Crippen molar-refractivity contribution in [3.8, 4) is 5.75 Å². The SMILES string of the molecule is CC(C)Oc1ccc(S(=O)(=O)N2CCOCC2)cc1NC(=O)c1ccc(Cl)cc1Cl. The molecule has 0 radical (unpaired) electrons. The minimum Gasteiger partial charge on any atom is -0.489 e. The van der Waals surface area contributed by atoms with Crippen molar-refractivity contribution >= 4 is 44.8 Å². The highest BCUT2D eigenvalue weighted by Gasteiger charge is 2.27. The molecule has 1 fully saturated rings. The molecule has 1 N–H and O–H groups in total. The third kappa shape index (κ3) is 5.25. The maximum Gasteiger partial charge on any atom is 0.257 e. The van der Waals surface area contributed by atoms with Gasteiger partial charge in [-0.25, -0.2) is 8.42 Å². The van der Waals surface area contributed by atoms with E-state index in [0.29, 0.717) is 24.0 Å². The Kier molecular flexibility index (Phi) is 7.26. The van der Waals surface area contributed by atoms with Crippen LogP contribution >= 0.6 is 23.2 Å². The van der Waals surface area contributed by atoms with Gasteiger partial charge < -0.3 is 14.8 Å². The monoisotopic (exact) mass is 472 g/mol. The summed E-state index contributed by atoms with van der Waals surface area (Å²) in [5, 5.41) is 3.29. The summed E-state index contributed by atoms with van der Waals surface area (Å²) in [5.74, 6) is -0.157. The molecule has 3 rings (SSSR count). The van der Waals surface area contributed by atoms with Crippen molar-refractivity contribution in [2.24, 2.45) is 0 Å². The van der Waals surface area contributed by atoms with Crippen LogP contribution in [0.4, 0.5) is 5.69 Å². The fourth-order valence-electron chi connectivity index (χ4n) is 2.92. The van der Waals surface area contributed by atoms with Gasteiger partial charge in [-0.1, -0.05) is 23.2 Å². The molecule has 0 spiro atoms. The fourth-order valence-corrected chi connectivity index (χ4v) is 4.85. The Hall–Kier alpha value is -1.84. The smallest absolute Gasteiger partial charge is 0.257 e. The molecule has 0 aromatic heterocycles. The first-order valence-corrected chi connectivity index (χ1v) is 11.5. The average Bonchev–Trinajstić information content (AvgIpc) is 2.69. The number of hydrogen-bond acceptors (Lipinski definition) is 5. The van der Waals surface area contributed by atoms with Crippen molar-refractivity contribution in [2.75, 3.05) is 31.6 Å². The first-order chi connectivity index (χ1) is 14.2. The first-order valence-electron chi connectivity index (χ1n) is 9.33. The minimum absolute atomic E-state index is 0.0537. The molecule has 1 aliphatic rings. The van der Waals surface area contributed by atoms with Crippen LogP contribution in [0.2, 0.25) is 10.0 Å². The van der Waals surface area contributed by atoms with Crippen molar-refractivity contribution in [3.63, 3.8) is 0 Å². The predicted molar refractivity (Wildman–Crippen MR) is 116 cm³/mol. The lowest BCUT2D eigenvalue weighted by Gasteiger charge is -2.26. The van der Waals surface area contributed by atoms with E-state index >= 15 is 0 Å². The Morgan fingerprint density at radius 1 is 1.13 bits per heavy atom. The van der Waals surface area contributed by atoms with E-state index in [9.17, 15) is 13.2 Å². The number of carbonyl (C=O) groups excluding carboxylic acids is 1. The summed E-state index contributed by atoms with van der Waals surface area (Å²) in [7, 11) is -3.74. The highest BCUT2D eigenvalue weighted by atomic mass is 35.5. The number of anilines is 1. The Bertz CT molecular complexity index is 1040. The third-order valence-electron chi connectivity index (χ3n) is 4.35. The Balaban J connectivity index is 1.96. The van der Waals surface area contributed by atoms with E-state index < -0.39 is 15.9 Å². The van der Waals surface area contributed by atoms with Crippen molar-refractivity contribution < 1.29 is 22.7 Å². The number of nitrogens with one attached hydrogen (secondary N) is 1. The molecule has 0 aliphatic carbocycles. The first kappa shape index (κ1) is 22.8. The van der Waals surface area contributed by atoms with Gasteiger partial charge in [-0.3, -0.25) is 4.79 Å². The molecule has 0 atom stereocenters. The van der Waals surface area contributed by atoms with Crippen LogP contribution in [-0.4, -0.2) is 51.0 Å². The summed E-state index contributed by atoms with van der Waals surface area (Å²) < 4.78 is 38.3. The van der Waals surface area contributed by atoms with Crippen LogP contribution in [0.3, 0.4) is 0 Å². The number of morpholine rings is 1. The molecule has 1 heterocycles. The number of rotatable bonds is 6. The zero-order valence-electron chi connectivity index (χ0n) is 16.5. The second-order valence-corrected chi connectivity index (χ2v) is 9.70. The Morgan fingerprint density at radius 2 is 1.83 bits per heavy atom. The number of halogens is 2. The number of ether oxygens (including phenoxy) is 2. The van der Waals surface area contributed by atoms with Crippen LogP contribution in [0.1, 0.15) is 24.2 Å².